The number of halogens is 1. The smallest absolute Gasteiger partial charge is 0.175 e. The first kappa shape index (κ1) is 11.3. The van der Waals surface area contributed by atoms with Gasteiger partial charge < -0.3 is 20.7 Å². The first-order valence-corrected chi connectivity index (χ1v) is 4.83. The number of hydrogen-bond donors (Lipinski definition) is 3. The second kappa shape index (κ2) is 4.63. The van der Waals surface area contributed by atoms with E-state index in [1.54, 1.807) is 12.1 Å². The van der Waals surface area contributed by atoms with E-state index < -0.39 is 6.04 Å². The number of phenols is 1. The molecule has 14 heavy (non-hydrogen) atoms. The number of aliphatic hydroxyl groups excluding tert-OH is 1. The molecule has 0 aliphatic heterocycles. The van der Waals surface area contributed by atoms with E-state index in [2.05, 4.69) is 15.9 Å². The van der Waals surface area contributed by atoms with Crippen molar-refractivity contribution in [1.29, 1.82) is 0 Å². The Morgan fingerprint density at radius 3 is 2.71 bits per heavy atom. The molecular weight excluding hydrogens is 250 g/mol. The Morgan fingerprint density at radius 1 is 1.57 bits per heavy atom. The number of phenolic OH excluding ortho intramolecular Hbond substituents is 1. The lowest BCUT2D eigenvalue weighted by Gasteiger charge is -2.14. The molecular formula is C9H12BrNO3. The largest absolute Gasteiger partial charge is 0.504 e. The fourth-order valence-electron chi connectivity index (χ4n) is 1.15. The number of ether oxygens (including phenoxy) is 1. The van der Waals surface area contributed by atoms with Crippen molar-refractivity contribution in [3.05, 3.63) is 22.2 Å². The maximum absolute atomic E-state index is 9.73. The maximum atomic E-state index is 9.73. The lowest BCUT2D eigenvalue weighted by molar-refractivity contribution is 0.264. The fourth-order valence-corrected chi connectivity index (χ4v) is 1.64. The highest BCUT2D eigenvalue weighted by Gasteiger charge is 2.16. The van der Waals surface area contributed by atoms with Crippen molar-refractivity contribution in [2.75, 3.05) is 13.7 Å². The fraction of sp³-hybridized carbons (Fsp3) is 0.333. The zero-order chi connectivity index (χ0) is 10.7. The molecule has 1 atom stereocenters. The van der Waals surface area contributed by atoms with E-state index in [0.29, 0.717) is 15.8 Å². The number of nitrogens with two attached hydrogens (primary N) is 1. The zero-order valence-corrected chi connectivity index (χ0v) is 9.28. The summed E-state index contributed by atoms with van der Waals surface area (Å²) in [6, 6.07) is 2.75. The average Bonchev–Trinajstić information content (AvgIpc) is 2.18. The molecule has 4 nitrogen and oxygen atoms in total. The van der Waals surface area contributed by atoms with E-state index in [1.807, 2.05) is 0 Å². The van der Waals surface area contributed by atoms with Gasteiger partial charge in [-0.05, 0) is 22.0 Å². The Kier molecular flexibility index (Phi) is 3.74. The standard InChI is InChI=1S/C9H12BrNO3/c1-14-9-6(10)3-2-5(8(9)13)7(11)4-12/h2-3,7,12-13H,4,11H2,1H3. The van der Waals surface area contributed by atoms with Gasteiger partial charge >= 0.3 is 0 Å². The Morgan fingerprint density at radius 2 is 2.21 bits per heavy atom. The Labute approximate surface area is 90.4 Å². The molecule has 0 saturated carbocycles. The molecule has 1 rings (SSSR count). The molecule has 1 unspecified atom stereocenters. The second-order valence-electron chi connectivity index (χ2n) is 2.81. The van der Waals surface area contributed by atoms with E-state index in [-0.39, 0.29) is 12.4 Å². The predicted octanol–water partition coefficient (Wildman–Crippen LogP) is 1.16. The van der Waals surface area contributed by atoms with Crippen molar-refractivity contribution < 1.29 is 14.9 Å². The van der Waals surface area contributed by atoms with Crippen LogP contribution >= 0.6 is 15.9 Å². The maximum Gasteiger partial charge on any atom is 0.175 e. The van der Waals surface area contributed by atoms with Crippen LogP contribution in [0.3, 0.4) is 0 Å². The molecule has 1 aromatic carbocycles. The highest BCUT2D eigenvalue weighted by molar-refractivity contribution is 9.10. The highest BCUT2D eigenvalue weighted by atomic mass is 79.9. The van der Waals surface area contributed by atoms with Crippen LogP contribution in [0.5, 0.6) is 11.5 Å². The molecule has 0 radical (unpaired) electrons. The van der Waals surface area contributed by atoms with Crippen molar-refractivity contribution in [2.45, 2.75) is 6.04 Å². The minimum atomic E-state index is -0.600. The Balaban J connectivity index is 3.21. The second-order valence-corrected chi connectivity index (χ2v) is 3.66. The van der Waals surface area contributed by atoms with Gasteiger partial charge in [-0.2, -0.15) is 0 Å². The molecule has 0 fully saturated rings. The van der Waals surface area contributed by atoms with Gasteiger partial charge in [-0.1, -0.05) is 6.07 Å². The van der Waals surface area contributed by atoms with Gasteiger partial charge in [-0.15, -0.1) is 0 Å². The number of rotatable bonds is 3. The summed E-state index contributed by atoms with van der Waals surface area (Å²) in [5.41, 5.74) is 6.05. The summed E-state index contributed by atoms with van der Waals surface area (Å²) in [6.45, 7) is -0.224. The van der Waals surface area contributed by atoms with Gasteiger partial charge in [-0.25, -0.2) is 0 Å². The van der Waals surface area contributed by atoms with Gasteiger partial charge in [0.05, 0.1) is 24.2 Å². The quantitative estimate of drug-likeness (QED) is 0.763. The molecule has 0 saturated heterocycles. The molecule has 0 aromatic heterocycles. The Hall–Kier alpha value is -0.780. The predicted molar refractivity (Wildman–Crippen MR) is 56.4 cm³/mol. The molecule has 1 aromatic rings. The van der Waals surface area contributed by atoms with Gasteiger partial charge in [0.1, 0.15) is 0 Å². The van der Waals surface area contributed by atoms with Gasteiger partial charge in [0.2, 0.25) is 0 Å². The first-order chi connectivity index (χ1) is 6.61. The summed E-state index contributed by atoms with van der Waals surface area (Å²) >= 11 is 3.22. The lowest BCUT2D eigenvalue weighted by atomic mass is 10.1. The minimum absolute atomic E-state index is 0.0385. The van der Waals surface area contributed by atoms with Crippen LogP contribution in [0.15, 0.2) is 16.6 Å². The van der Waals surface area contributed by atoms with Crippen molar-refractivity contribution in [3.8, 4) is 11.5 Å². The molecule has 0 amide bonds. The summed E-state index contributed by atoms with van der Waals surface area (Å²) in [5, 5.41) is 18.6. The number of aliphatic hydroxyl groups is 1. The van der Waals surface area contributed by atoms with Crippen LogP contribution in [0.1, 0.15) is 11.6 Å². The first-order valence-electron chi connectivity index (χ1n) is 4.03. The summed E-state index contributed by atoms with van der Waals surface area (Å²) in [6.07, 6.45) is 0. The molecule has 5 heteroatoms. The van der Waals surface area contributed by atoms with Crippen LogP contribution in [-0.4, -0.2) is 23.9 Å². The van der Waals surface area contributed by atoms with Crippen LogP contribution in [0, 0.1) is 0 Å². The Bertz CT molecular complexity index is 330. The summed E-state index contributed by atoms with van der Waals surface area (Å²) < 4.78 is 5.62. The average molecular weight is 262 g/mol. The molecule has 78 valence electrons. The van der Waals surface area contributed by atoms with Crippen molar-refractivity contribution in [3.63, 3.8) is 0 Å². The highest BCUT2D eigenvalue weighted by Crippen LogP contribution is 2.38. The zero-order valence-electron chi connectivity index (χ0n) is 7.70. The van der Waals surface area contributed by atoms with Crippen molar-refractivity contribution >= 4 is 15.9 Å². The van der Waals surface area contributed by atoms with Gasteiger partial charge in [0, 0.05) is 5.56 Å². The summed E-state index contributed by atoms with van der Waals surface area (Å²) in [7, 11) is 1.45. The SMILES string of the molecule is COc1c(Br)ccc(C(N)CO)c1O. The van der Waals surface area contributed by atoms with Crippen LogP contribution in [0.2, 0.25) is 0 Å². The van der Waals surface area contributed by atoms with E-state index in [1.165, 1.54) is 7.11 Å². The molecule has 0 aliphatic rings. The van der Waals surface area contributed by atoms with Crippen molar-refractivity contribution in [2.24, 2.45) is 5.73 Å². The van der Waals surface area contributed by atoms with E-state index in [0.717, 1.165) is 0 Å². The summed E-state index contributed by atoms with van der Waals surface area (Å²) in [4.78, 5) is 0. The van der Waals surface area contributed by atoms with Gasteiger partial charge in [0.25, 0.3) is 0 Å². The third-order valence-electron chi connectivity index (χ3n) is 1.91. The van der Waals surface area contributed by atoms with Crippen molar-refractivity contribution in [1.82, 2.24) is 0 Å². The minimum Gasteiger partial charge on any atom is -0.504 e. The van der Waals surface area contributed by atoms with Crippen LogP contribution < -0.4 is 10.5 Å². The molecule has 0 aliphatic carbocycles. The van der Waals surface area contributed by atoms with Crippen LogP contribution in [-0.2, 0) is 0 Å². The van der Waals surface area contributed by atoms with E-state index in [4.69, 9.17) is 15.6 Å². The van der Waals surface area contributed by atoms with E-state index in [9.17, 15) is 5.11 Å². The molecule has 0 heterocycles. The monoisotopic (exact) mass is 261 g/mol. The third-order valence-corrected chi connectivity index (χ3v) is 2.54. The van der Waals surface area contributed by atoms with Crippen LogP contribution in [0.25, 0.3) is 0 Å². The van der Waals surface area contributed by atoms with E-state index >= 15 is 0 Å². The number of aromatic hydroxyl groups is 1. The van der Waals surface area contributed by atoms with Gasteiger partial charge in [0.15, 0.2) is 11.5 Å². The number of methoxy groups -OCH3 is 1. The third kappa shape index (κ3) is 2.00. The molecule has 4 N–H and O–H groups in total. The molecule has 0 bridgehead atoms. The number of hydrogen-bond acceptors (Lipinski definition) is 4. The van der Waals surface area contributed by atoms with Gasteiger partial charge in [-0.3, -0.25) is 0 Å². The lowest BCUT2D eigenvalue weighted by Crippen LogP contribution is -2.14. The topological polar surface area (TPSA) is 75.7 Å². The molecule has 0 spiro atoms. The summed E-state index contributed by atoms with van der Waals surface area (Å²) in [5.74, 6) is 0.287. The number of benzene rings is 1. The normalized spacial score (nSPS) is 12.6. The van der Waals surface area contributed by atoms with Crippen LogP contribution in [0.4, 0.5) is 0 Å².